The lowest BCUT2D eigenvalue weighted by molar-refractivity contribution is -0.171. The summed E-state index contributed by atoms with van der Waals surface area (Å²) in [6, 6.07) is 5.92. The molecule has 0 bridgehead atoms. The molecule has 2 rings (SSSR count). The summed E-state index contributed by atoms with van der Waals surface area (Å²) in [5, 5.41) is 0. The maximum absolute atomic E-state index is 11.5. The van der Waals surface area contributed by atoms with Gasteiger partial charge in [0.25, 0.3) is 0 Å². The molecule has 0 aliphatic carbocycles. The average Bonchev–Trinajstić information content (AvgIpc) is 2.35. The summed E-state index contributed by atoms with van der Waals surface area (Å²) in [4.78, 5) is 11.5. The summed E-state index contributed by atoms with van der Waals surface area (Å²) in [6.07, 6.45) is 3.04. The van der Waals surface area contributed by atoms with Gasteiger partial charge in [-0.05, 0) is 51.7 Å². The van der Waals surface area contributed by atoms with E-state index in [0.717, 1.165) is 30.4 Å². The van der Waals surface area contributed by atoms with Crippen LogP contribution in [0.25, 0.3) is 0 Å². The van der Waals surface area contributed by atoms with Crippen LogP contribution < -0.4 is 4.74 Å². The molecule has 1 atom stereocenters. The van der Waals surface area contributed by atoms with Crippen molar-refractivity contribution < 1.29 is 14.3 Å². The van der Waals surface area contributed by atoms with Gasteiger partial charge in [-0.2, -0.15) is 0 Å². The number of hydrogen-bond acceptors (Lipinski definition) is 3. The van der Waals surface area contributed by atoms with Gasteiger partial charge in [-0.3, -0.25) is 4.79 Å². The van der Waals surface area contributed by atoms with E-state index in [1.165, 1.54) is 6.92 Å². The third-order valence-electron chi connectivity index (χ3n) is 4.02. The van der Waals surface area contributed by atoms with Crippen molar-refractivity contribution in [2.75, 3.05) is 0 Å². The Balaban J connectivity index is 2.46. The SMILES string of the molecule is CC(=O)Oc1cc(C(Br)Br)ccc1C1(C)CCCC(C)(C)O1. The van der Waals surface area contributed by atoms with Crippen molar-refractivity contribution >= 4 is 37.8 Å². The molecular weight excluding hydrogens is 412 g/mol. The zero-order valence-corrected chi connectivity index (χ0v) is 16.6. The van der Waals surface area contributed by atoms with E-state index in [1.54, 1.807) is 0 Å². The molecule has 1 aromatic rings. The minimum Gasteiger partial charge on any atom is -0.426 e. The Kier molecular flexibility index (Phi) is 5.40. The highest BCUT2D eigenvalue weighted by Gasteiger charge is 2.40. The topological polar surface area (TPSA) is 35.5 Å². The Bertz CT molecular complexity index is 569. The largest absolute Gasteiger partial charge is 0.426 e. The Labute approximate surface area is 149 Å². The van der Waals surface area contributed by atoms with E-state index in [0.29, 0.717) is 5.75 Å². The smallest absolute Gasteiger partial charge is 0.308 e. The molecule has 1 saturated heterocycles. The van der Waals surface area contributed by atoms with E-state index < -0.39 is 5.60 Å². The molecule has 22 heavy (non-hydrogen) atoms. The van der Waals surface area contributed by atoms with Crippen LogP contribution in [-0.2, 0) is 15.1 Å². The number of benzene rings is 1. The molecule has 1 fully saturated rings. The molecule has 3 nitrogen and oxygen atoms in total. The molecule has 5 heteroatoms. The van der Waals surface area contributed by atoms with Crippen molar-refractivity contribution in [2.24, 2.45) is 0 Å². The second kappa shape index (κ2) is 6.62. The van der Waals surface area contributed by atoms with E-state index >= 15 is 0 Å². The van der Waals surface area contributed by atoms with E-state index in [-0.39, 0.29) is 15.3 Å². The molecule has 1 unspecified atom stereocenters. The van der Waals surface area contributed by atoms with Gasteiger partial charge in [0.1, 0.15) is 5.75 Å². The lowest BCUT2D eigenvalue weighted by atomic mass is 9.82. The van der Waals surface area contributed by atoms with Crippen molar-refractivity contribution in [3.05, 3.63) is 29.3 Å². The molecule has 0 amide bonds. The van der Waals surface area contributed by atoms with Crippen LogP contribution in [-0.4, -0.2) is 11.6 Å². The molecular formula is C17H22Br2O3. The number of carbonyl (C=O) groups is 1. The molecule has 122 valence electrons. The lowest BCUT2D eigenvalue weighted by Gasteiger charge is -2.44. The second-order valence-corrected chi connectivity index (χ2v) is 9.66. The molecule has 0 radical (unpaired) electrons. The third-order valence-corrected chi connectivity index (χ3v) is 5.07. The van der Waals surface area contributed by atoms with E-state index in [9.17, 15) is 4.79 Å². The van der Waals surface area contributed by atoms with Crippen molar-refractivity contribution in [2.45, 2.75) is 61.9 Å². The summed E-state index contributed by atoms with van der Waals surface area (Å²) < 4.78 is 11.8. The van der Waals surface area contributed by atoms with Gasteiger partial charge in [-0.1, -0.05) is 44.0 Å². The van der Waals surface area contributed by atoms with E-state index in [4.69, 9.17) is 9.47 Å². The number of carbonyl (C=O) groups excluding carboxylic acids is 1. The van der Waals surface area contributed by atoms with Crippen LogP contribution in [0.2, 0.25) is 0 Å². The zero-order valence-electron chi connectivity index (χ0n) is 13.4. The molecule has 0 aromatic heterocycles. The molecule has 1 aromatic carbocycles. The number of ether oxygens (including phenoxy) is 2. The van der Waals surface area contributed by atoms with Gasteiger partial charge in [0.15, 0.2) is 0 Å². The predicted octanol–water partition coefficient (Wildman–Crippen LogP) is 5.59. The Morgan fingerprint density at radius 2 is 1.95 bits per heavy atom. The number of rotatable bonds is 3. The summed E-state index contributed by atoms with van der Waals surface area (Å²) in [7, 11) is 0. The van der Waals surface area contributed by atoms with Gasteiger partial charge >= 0.3 is 5.97 Å². The molecule has 0 N–H and O–H groups in total. The summed E-state index contributed by atoms with van der Waals surface area (Å²) in [5.74, 6) is 0.256. The first kappa shape index (κ1) is 18.0. The average molecular weight is 434 g/mol. The van der Waals surface area contributed by atoms with Crippen molar-refractivity contribution in [1.29, 1.82) is 0 Å². The highest BCUT2D eigenvalue weighted by atomic mass is 79.9. The van der Waals surface area contributed by atoms with Crippen LogP contribution in [0.4, 0.5) is 0 Å². The van der Waals surface area contributed by atoms with Gasteiger partial charge in [-0.25, -0.2) is 0 Å². The molecule has 1 aliphatic rings. The van der Waals surface area contributed by atoms with Crippen LogP contribution in [0, 0.1) is 0 Å². The highest BCUT2D eigenvalue weighted by Crippen LogP contribution is 2.46. The maximum atomic E-state index is 11.5. The number of esters is 1. The summed E-state index contributed by atoms with van der Waals surface area (Å²) >= 11 is 6.96. The van der Waals surface area contributed by atoms with E-state index in [2.05, 4.69) is 52.6 Å². The van der Waals surface area contributed by atoms with Gasteiger partial charge in [0, 0.05) is 12.5 Å². The maximum Gasteiger partial charge on any atom is 0.308 e. The summed E-state index contributed by atoms with van der Waals surface area (Å²) in [5.41, 5.74) is 1.31. The molecule has 1 heterocycles. The fourth-order valence-electron chi connectivity index (χ4n) is 3.10. The van der Waals surface area contributed by atoms with Gasteiger partial charge in [0.05, 0.1) is 14.9 Å². The van der Waals surface area contributed by atoms with Crippen LogP contribution in [0.3, 0.4) is 0 Å². The second-order valence-electron chi connectivity index (χ2n) is 6.60. The van der Waals surface area contributed by atoms with E-state index in [1.807, 2.05) is 18.2 Å². The first-order valence-corrected chi connectivity index (χ1v) is 9.27. The quantitative estimate of drug-likeness (QED) is 0.353. The Morgan fingerprint density at radius 1 is 1.27 bits per heavy atom. The third kappa shape index (κ3) is 4.12. The Hall–Kier alpha value is -0.390. The molecule has 1 aliphatic heterocycles. The van der Waals surface area contributed by atoms with Crippen LogP contribution in [0.1, 0.15) is 61.8 Å². The standard InChI is InChI=1S/C17H22Br2O3/c1-11(20)21-14-10-12(15(18)19)6-7-13(14)17(4)9-5-8-16(2,3)22-17/h6-7,10,15H,5,8-9H2,1-4H3. The van der Waals surface area contributed by atoms with Gasteiger partial charge < -0.3 is 9.47 Å². The normalized spacial score (nSPS) is 24.3. The minimum atomic E-state index is -0.445. The minimum absolute atomic E-state index is 0.0138. The number of halogens is 2. The number of alkyl halides is 2. The predicted molar refractivity (Wildman–Crippen MR) is 94.7 cm³/mol. The first-order chi connectivity index (χ1) is 10.1. The Morgan fingerprint density at radius 3 is 2.50 bits per heavy atom. The highest BCUT2D eigenvalue weighted by molar-refractivity contribution is 9.24. The fraction of sp³-hybridized carbons (Fsp3) is 0.588. The van der Waals surface area contributed by atoms with Crippen LogP contribution in [0.15, 0.2) is 18.2 Å². The monoisotopic (exact) mass is 432 g/mol. The first-order valence-electron chi connectivity index (χ1n) is 7.44. The van der Waals surface area contributed by atoms with Gasteiger partial charge in [-0.15, -0.1) is 0 Å². The molecule has 0 saturated carbocycles. The van der Waals surface area contributed by atoms with Gasteiger partial charge in [0.2, 0.25) is 0 Å². The van der Waals surface area contributed by atoms with Crippen LogP contribution >= 0.6 is 31.9 Å². The fourth-order valence-corrected chi connectivity index (χ4v) is 3.67. The number of hydrogen-bond donors (Lipinski definition) is 0. The van der Waals surface area contributed by atoms with Crippen molar-refractivity contribution in [3.63, 3.8) is 0 Å². The zero-order chi connectivity index (χ0) is 16.5. The van der Waals surface area contributed by atoms with Crippen molar-refractivity contribution in [1.82, 2.24) is 0 Å². The van der Waals surface area contributed by atoms with Crippen molar-refractivity contribution in [3.8, 4) is 5.75 Å². The van der Waals surface area contributed by atoms with Crippen LogP contribution in [0.5, 0.6) is 5.75 Å². The summed E-state index contributed by atoms with van der Waals surface area (Å²) in [6.45, 7) is 7.72. The molecule has 0 spiro atoms. The lowest BCUT2D eigenvalue weighted by Crippen LogP contribution is -2.41.